The molecule has 112 valence electrons. The van der Waals surface area contributed by atoms with E-state index < -0.39 is 0 Å². The van der Waals surface area contributed by atoms with Gasteiger partial charge in [0.2, 0.25) is 0 Å². The van der Waals surface area contributed by atoms with E-state index in [-0.39, 0.29) is 5.54 Å². The minimum atomic E-state index is -0.0703. The second-order valence-corrected chi connectivity index (χ2v) is 6.79. The maximum atomic E-state index is 12.3. The Kier molecular flexibility index (Phi) is 4.11. The molecule has 1 saturated heterocycles. The van der Waals surface area contributed by atoms with E-state index in [4.69, 9.17) is 0 Å². The molecule has 4 nitrogen and oxygen atoms in total. The molecule has 1 aromatic heterocycles. The van der Waals surface area contributed by atoms with Crippen molar-refractivity contribution in [2.24, 2.45) is 0 Å². The van der Waals surface area contributed by atoms with Gasteiger partial charge in [0.25, 0.3) is 5.82 Å². The van der Waals surface area contributed by atoms with Crippen molar-refractivity contribution >= 4 is 11.5 Å². The van der Waals surface area contributed by atoms with Crippen LogP contribution in [0.3, 0.4) is 0 Å². The Bertz CT molecular complexity index is 473. The molecule has 0 atom stereocenters. The fourth-order valence-corrected chi connectivity index (χ4v) is 2.60. The Balaban J connectivity index is 2.39. The molecule has 0 radical (unpaired) electrons. The monoisotopic (exact) mass is 277 g/mol. The molecule has 0 unspecified atom stereocenters. The molecule has 2 rings (SSSR count). The smallest absolute Gasteiger partial charge is 0.282 e. The van der Waals surface area contributed by atoms with Crippen LogP contribution in [0.1, 0.15) is 45.7 Å². The second-order valence-electron chi connectivity index (χ2n) is 6.79. The highest BCUT2D eigenvalue weighted by Gasteiger charge is 2.28. The van der Waals surface area contributed by atoms with Crippen LogP contribution in [-0.4, -0.2) is 25.7 Å². The highest BCUT2D eigenvalue weighted by atomic mass is 16.5. The molecule has 0 aromatic carbocycles. The first-order valence-electron chi connectivity index (χ1n) is 7.53. The van der Waals surface area contributed by atoms with Gasteiger partial charge in [-0.05, 0) is 47.0 Å². The van der Waals surface area contributed by atoms with Gasteiger partial charge in [-0.1, -0.05) is 0 Å². The molecule has 1 aromatic rings. The van der Waals surface area contributed by atoms with Gasteiger partial charge in [0, 0.05) is 24.8 Å². The van der Waals surface area contributed by atoms with Gasteiger partial charge in [0.1, 0.15) is 5.69 Å². The van der Waals surface area contributed by atoms with Crippen LogP contribution in [-0.2, 0) is 0 Å². The minimum absolute atomic E-state index is 0.0703. The van der Waals surface area contributed by atoms with Crippen molar-refractivity contribution in [3.05, 3.63) is 23.0 Å². The third-order valence-electron chi connectivity index (χ3n) is 4.23. The van der Waals surface area contributed by atoms with E-state index in [1.54, 1.807) is 0 Å². The van der Waals surface area contributed by atoms with Gasteiger partial charge in [-0.2, -0.15) is 0 Å². The second kappa shape index (κ2) is 5.51. The number of anilines is 2. The van der Waals surface area contributed by atoms with Crippen LogP contribution in [0.2, 0.25) is 0 Å². The number of nitrogens with zero attached hydrogens (tertiary/aromatic N) is 3. The SMILES string of the molecule is Cc1cc(N2CCCCC2)cc(N(C)C(C)(C)C)[n+]1[O-]. The molecule has 1 fully saturated rings. The van der Waals surface area contributed by atoms with Crippen LogP contribution in [0.4, 0.5) is 11.5 Å². The summed E-state index contributed by atoms with van der Waals surface area (Å²) in [7, 11) is 1.99. The summed E-state index contributed by atoms with van der Waals surface area (Å²) in [4.78, 5) is 4.46. The van der Waals surface area contributed by atoms with E-state index in [2.05, 4.69) is 30.6 Å². The van der Waals surface area contributed by atoms with E-state index in [1.165, 1.54) is 24.9 Å². The maximum Gasteiger partial charge on any atom is 0.282 e. The summed E-state index contributed by atoms with van der Waals surface area (Å²) in [6.45, 7) is 10.4. The summed E-state index contributed by atoms with van der Waals surface area (Å²) < 4.78 is 1.04. The van der Waals surface area contributed by atoms with Crippen LogP contribution in [0.5, 0.6) is 0 Å². The first-order chi connectivity index (χ1) is 9.30. The van der Waals surface area contributed by atoms with Crippen LogP contribution >= 0.6 is 0 Å². The van der Waals surface area contributed by atoms with Gasteiger partial charge in [0.15, 0.2) is 0 Å². The van der Waals surface area contributed by atoms with Crippen molar-refractivity contribution in [2.75, 3.05) is 29.9 Å². The fourth-order valence-electron chi connectivity index (χ4n) is 2.60. The van der Waals surface area contributed by atoms with Crippen LogP contribution in [0.25, 0.3) is 0 Å². The van der Waals surface area contributed by atoms with Crippen molar-refractivity contribution < 1.29 is 4.73 Å². The molecule has 2 heterocycles. The number of rotatable bonds is 2. The van der Waals surface area contributed by atoms with Crippen molar-refractivity contribution in [2.45, 2.75) is 52.5 Å². The zero-order valence-electron chi connectivity index (χ0n) is 13.4. The van der Waals surface area contributed by atoms with Crippen LogP contribution in [0, 0.1) is 12.1 Å². The van der Waals surface area contributed by atoms with E-state index in [0.717, 1.165) is 29.3 Å². The molecular weight excluding hydrogens is 250 g/mol. The number of piperidine rings is 1. The van der Waals surface area contributed by atoms with E-state index in [9.17, 15) is 5.21 Å². The van der Waals surface area contributed by atoms with Gasteiger partial charge in [0.05, 0.1) is 18.7 Å². The van der Waals surface area contributed by atoms with Crippen molar-refractivity contribution in [1.29, 1.82) is 0 Å². The zero-order valence-corrected chi connectivity index (χ0v) is 13.4. The Morgan fingerprint density at radius 1 is 1.15 bits per heavy atom. The number of pyridine rings is 1. The number of hydrogen-bond donors (Lipinski definition) is 0. The number of aromatic nitrogens is 1. The summed E-state index contributed by atoms with van der Waals surface area (Å²) >= 11 is 0. The molecule has 0 amide bonds. The van der Waals surface area contributed by atoms with Gasteiger partial charge in [-0.25, -0.2) is 4.73 Å². The highest BCUT2D eigenvalue weighted by molar-refractivity contribution is 5.54. The normalized spacial score (nSPS) is 16.4. The lowest BCUT2D eigenvalue weighted by molar-refractivity contribution is -0.599. The average molecular weight is 277 g/mol. The molecule has 0 spiro atoms. The Labute approximate surface area is 122 Å². The molecule has 4 heteroatoms. The zero-order chi connectivity index (χ0) is 14.9. The Morgan fingerprint density at radius 2 is 1.75 bits per heavy atom. The van der Waals surface area contributed by atoms with Crippen molar-refractivity contribution in [3.63, 3.8) is 0 Å². The highest BCUT2D eigenvalue weighted by Crippen LogP contribution is 2.26. The predicted octanol–water partition coefficient (Wildman–Crippen LogP) is 2.85. The van der Waals surface area contributed by atoms with Gasteiger partial charge in [-0.15, -0.1) is 0 Å². The maximum absolute atomic E-state index is 12.3. The molecule has 0 saturated carbocycles. The minimum Gasteiger partial charge on any atom is -0.710 e. The number of aryl methyl sites for hydroxylation is 1. The standard InChI is InChI=1S/C16H27N3O/c1-13-11-14(18-9-7-6-8-10-18)12-15(19(13)20)17(5)16(2,3)4/h11-12H,6-10H2,1-5H3. The van der Waals surface area contributed by atoms with Gasteiger partial charge < -0.3 is 10.1 Å². The van der Waals surface area contributed by atoms with E-state index >= 15 is 0 Å². The fraction of sp³-hybridized carbons (Fsp3) is 0.688. The van der Waals surface area contributed by atoms with Crippen molar-refractivity contribution in [3.8, 4) is 0 Å². The van der Waals surface area contributed by atoms with E-state index in [1.807, 2.05) is 26.1 Å². The Morgan fingerprint density at radius 3 is 2.30 bits per heavy atom. The van der Waals surface area contributed by atoms with Crippen molar-refractivity contribution in [1.82, 2.24) is 0 Å². The average Bonchev–Trinajstić information content (AvgIpc) is 2.41. The summed E-state index contributed by atoms with van der Waals surface area (Å²) in [6, 6.07) is 4.05. The largest absolute Gasteiger partial charge is 0.710 e. The lowest BCUT2D eigenvalue weighted by Gasteiger charge is -2.32. The molecular formula is C16H27N3O. The summed E-state index contributed by atoms with van der Waals surface area (Å²) in [5.41, 5.74) is 1.87. The van der Waals surface area contributed by atoms with E-state index in [0.29, 0.717) is 0 Å². The lowest BCUT2D eigenvalue weighted by Crippen LogP contribution is -2.47. The summed E-state index contributed by atoms with van der Waals surface area (Å²) in [5.74, 6) is 0.734. The Hall–Kier alpha value is -1.45. The molecule has 1 aliphatic heterocycles. The predicted molar refractivity (Wildman–Crippen MR) is 84.4 cm³/mol. The molecule has 20 heavy (non-hydrogen) atoms. The van der Waals surface area contributed by atoms with Crippen LogP contribution < -0.4 is 14.5 Å². The first kappa shape index (κ1) is 14.9. The molecule has 0 aliphatic carbocycles. The molecule has 0 N–H and O–H groups in total. The lowest BCUT2D eigenvalue weighted by atomic mass is 10.1. The van der Waals surface area contributed by atoms with Crippen LogP contribution in [0.15, 0.2) is 12.1 Å². The molecule has 0 bridgehead atoms. The molecule has 1 aliphatic rings. The quantitative estimate of drug-likeness (QED) is 0.615. The summed E-state index contributed by atoms with van der Waals surface area (Å²) in [5, 5.41) is 12.3. The first-order valence-corrected chi connectivity index (χ1v) is 7.53. The van der Waals surface area contributed by atoms with Gasteiger partial charge >= 0.3 is 0 Å². The summed E-state index contributed by atoms with van der Waals surface area (Å²) in [6.07, 6.45) is 3.81. The third-order valence-corrected chi connectivity index (χ3v) is 4.23. The van der Waals surface area contributed by atoms with Gasteiger partial charge in [-0.3, -0.25) is 4.90 Å². The number of hydrogen-bond acceptors (Lipinski definition) is 3. The topological polar surface area (TPSA) is 33.4 Å². The third kappa shape index (κ3) is 3.00.